The Balaban J connectivity index is 0.000000207. The summed E-state index contributed by atoms with van der Waals surface area (Å²) in [5, 5.41) is 45.0. The minimum atomic E-state index is -0.915. The van der Waals surface area contributed by atoms with Gasteiger partial charge >= 0.3 is 12.2 Å². The lowest BCUT2D eigenvalue weighted by Crippen LogP contribution is -2.69. The number of likely N-dealkylation sites (N-methyl/N-ethyl adjacent to an activating group) is 2. The molecule has 103 heavy (non-hydrogen) atoms. The number of carbonyl (C=O) groups is 4. The molecule has 4 bridgehead atoms. The Morgan fingerprint density at radius 2 is 1.00 bits per heavy atom. The number of hydrogen-bond acceptors (Lipinski definition) is 24. The van der Waals surface area contributed by atoms with Crippen LogP contribution in [-0.2, 0) is 54.2 Å². The Hall–Kier alpha value is -9.16. The number of benzene rings is 4. The molecule has 12 rings (SSSR count). The van der Waals surface area contributed by atoms with Gasteiger partial charge < -0.3 is 88.0 Å². The van der Waals surface area contributed by atoms with Gasteiger partial charge in [-0.3, -0.25) is 29.2 Å². The number of aryl methyl sites for hydroxylation is 2. The quantitative estimate of drug-likeness (QED) is 0.0439. The minimum absolute atomic E-state index is 0.0117. The molecule has 556 valence electrons. The van der Waals surface area contributed by atoms with E-state index in [2.05, 4.69) is 78.8 Å². The highest BCUT2D eigenvalue weighted by molar-refractivity contribution is 5.86. The molecule has 8 aliphatic heterocycles. The molecule has 0 saturated carbocycles. The van der Waals surface area contributed by atoms with Gasteiger partial charge in [0.2, 0.25) is 25.4 Å². The van der Waals surface area contributed by atoms with E-state index in [0.717, 1.165) is 50.1 Å². The van der Waals surface area contributed by atoms with Gasteiger partial charge in [0.1, 0.15) is 53.5 Å². The molecule has 0 spiro atoms. The highest BCUT2D eigenvalue weighted by Crippen LogP contribution is 2.61. The number of nitrogens with zero attached hydrogens (tertiary/aromatic N) is 6. The first-order valence-electron chi connectivity index (χ1n) is 34.8. The molecule has 2 unspecified atom stereocenters. The van der Waals surface area contributed by atoms with Crippen molar-refractivity contribution in [3.8, 4) is 69.6 Å². The number of phenols is 1. The Morgan fingerprint density at radius 3 is 1.40 bits per heavy atom. The number of amides is 4. The van der Waals surface area contributed by atoms with Crippen LogP contribution in [0, 0.1) is 50.4 Å². The highest BCUT2D eigenvalue weighted by Gasteiger charge is 2.59. The van der Waals surface area contributed by atoms with Crippen LogP contribution in [0.1, 0.15) is 146 Å². The molecule has 8 heterocycles. The topological polar surface area (TPSA) is 317 Å². The summed E-state index contributed by atoms with van der Waals surface area (Å²) in [5.41, 5.74) is 8.85. The molecule has 2 saturated heterocycles. The van der Waals surface area contributed by atoms with Crippen molar-refractivity contribution in [3.63, 3.8) is 0 Å². The minimum Gasteiger partial charge on any atom is -0.507 e. The Morgan fingerprint density at radius 1 is 0.592 bits per heavy atom. The number of carbonyl (C=O) groups excluding carboxylic acids is 4. The third-order valence-corrected chi connectivity index (χ3v) is 20.7. The maximum Gasteiger partial charge on any atom is 0.408 e. The zero-order valence-electron chi connectivity index (χ0n) is 62.2. The van der Waals surface area contributed by atoms with E-state index < -0.39 is 71.5 Å². The summed E-state index contributed by atoms with van der Waals surface area (Å²) in [4.78, 5) is 61.1. The second kappa shape index (κ2) is 29.9. The molecule has 0 radical (unpaired) electrons. The summed E-state index contributed by atoms with van der Waals surface area (Å²) in [7, 11) is 10.5. The van der Waals surface area contributed by atoms with Gasteiger partial charge in [0.15, 0.2) is 59.6 Å². The van der Waals surface area contributed by atoms with Crippen molar-refractivity contribution in [1.29, 1.82) is 10.5 Å². The number of aromatic hydroxyl groups is 1. The van der Waals surface area contributed by atoms with Gasteiger partial charge in [-0.1, -0.05) is 24.8 Å². The molecule has 4 aromatic rings. The van der Waals surface area contributed by atoms with Crippen LogP contribution in [0.5, 0.6) is 57.5 Å². The van der Waals surface area contributed by atoms with E-state index in [9.17, 15) is 34.8 Å². The van der Waals surface area contributed by atoms with E-state index in [1.807, 2.05) is 27.8 Å². The maximum atomic E-state index is 13.7. The van der Waals surface area contributed by atoms with Gasteiger partial charge in [-0.2, -0.15) is 10.5 Å². The van der Waals surface area contributed by atoms with Gasteiger partial charge in [-0.25, -0.2) is 9.59 Å². The van der Waals surface area contributed by atoms with Gasteiger partial charge in [-0.15, -0.1) is 0 Å². The summed E-state index contributed by atoms with van der Waals surface area (Å²) in [6.07, 6.45) is 2.30. The molecule has 0 aliphatic carbocycles. The summed E-state index contributed by atoms with van der Waals surface area (Å²) in [6, 6.07) is 3.74. The van der Waals surface area contributed by atoms with Crippen LogP contribution in [0.4, 0.5) is 9.59 Å². The maximum absolute atomic E-state index is 13.7. The van der Waals surface area contributed by atoms with Crippen LogP contribution in [-0.4, -0.2) is 198 Å². The normalized spacial score (nSPS) is 23.8. The van der Waals surface area contributed by atoms with Crippen molar-refractivity contribution in [1.82, 2.24) is 40.9 Å². The van der Waals surface area contributed by atoms with Crippen molar-refractivity contribution in [2.75, 3.05) is 89.4 Å². The summed E-state index contributed by atoms with van der Waals surface area (Å²) in [5.74, 6) is 4.41. The molecule has 4 amide bonds. The predicted octanol–water partition coefficient (Wildman–Crippen LogP) is 7.92. The highest BCUT2D eigenvalue weighted by atomic mass is 16.7. The largest absolute Gasteiger partial charge is 0.507 e. The Bertz CT molecular complexity index is 4060. The Kier molecular flexibility index (Phi) is 21.8. The molecule has 28 heteroatoms. The number of ether oxygens (including phenoxy) is 13. The van der Waals surface area contributed by atoms with Crippen molar-refractivity contribution in [2.24, 2.45) is 0 Å². The number of phenolic OH excluding ortho intramolecular Hbond substituents is 1. The van der Waals surface area contributed by atoms with E-state index >= 15 is 0 Å². The first kappa shape index (κ1) is 75.0. The molecule has 5 N–H and O–H groups in total. The zero-order chi connectivity index (χ0) is 74.6. The standard InChI is InChI=1S/C39H51N5O9.C36H47N5O9/c1-11-12-49-33-21(3)34-36(52-19-51-34)30-24(33)15-26-31-29-23(13-20(2)32(48-10)35(29)50-18-47-9)14-25(43(31)8)27(16-40)44(26)28(30)17-41-37(45)22(4)42-38(46)53-39(5,6)7;1-17-10-20-11-22-24(13-37)41-23(28(40(22)7)26(20)32(30(17)46-9)47-15-45-8)12-21-27(33-31(48-16-49-33)18(2)29(21)42)25(41)14-38-34(43)19(3)39-35(44)50-36(4,5)6/h11,13,22,25-28,31H,1,12,14-15,17-19H2,2-10H3,(H,41,45)(H,42,46);10,19,22-25,28,42H,11-12,14-16H2,1-9H3,(H,38,43)(H,39,44)/t22-,25-,26?,27-,28-,31-;19-,22-,23?,24-,25-,28-/m00/s1. The number of nitrogens with one attached hydrogen (secondary N) is 4. The van der Waals surface area contributed by atoms with Gasteiger partial charge in [0, 0.05) is 96.0 Å². The Labute approximate surface area is 601 Å². The van der Waals surface area contributed by atoms with Crippen LogP contribution >= 0.6 is 0 Å². The molecule has 12 atom stereocenters. The lowest BCUT2D eigenvalue weighted by Gasteiger charge is -2.60. The van der Waals surface area contributed by atoms with E-state index in [4.69, 9.17) is 61.6 Å². The fourth-order valence-corrected chi connectivity index (χ4v) is 16.7. The van der Waals surface area contributed by atoms with E-state index in [0.29, 0.717) is 94.1 Å². The fraction of sp³-hybridized carbons (Fsp3) is 0.573. The average Bonchev–Trinajstić information content (AvgIpc) is 1.34. The predicted molar refractivity (Wildman–Crippen MR) is 375 cm³/mol. The van der Waals surface area contributed by atoms with E-state index in [1.165, 1.54) is 0 Å². The van der Waals surface area contributed by atoms with Crippen molar-refractivity contribution >= 4 is 24.0 Å². The lowest BCUT2D eigenvalue weighted by atomic mass is 9.71. The van der Waals surface area contributed by atoms with Gasteiger partial charge in [0.25, 0.3) is 0 Å². The van der Waals surface area contributed by atoms with Gasteiger partial charge in [0.05, 0.1) is 50.5 Å². The SMILES string of the molecule is C=CCOc1c(C)c2c(c3c1CC1[C@H]4c5c(cc(C)c(OC)c5OCOC)C[C@@H]([C@H](C#N)N1[C@H]3CNC(=O)[C@H](C)NC(=O)OC(C)(C)C)N4C)OCO2.COCOc1c(OC)c(C)cc2c1[C@@H]1C3Cc4c(O)c(C)c5c(c4[C@H](CNC(=O)[C@H](C)NC(=O)OC(C)(C)C)N3[C@@H](C#N)[C@H](C2)N1C)OCO5. The molecule has 4 aromatic carbocycles. The third-order valence-electron chi connectivity index (χ3n) is 20.7. The molecule has 2 fully saturated rings. The number of nitriles is 2. The van der Waals surface area contributed by atoms with E-state index in [-0.39, 0.29) is 88.9 Å². The number of piperazine rings is 2. The van der Waals surface area contributed by atoms with Gasteiger partial charge in [-0.05, 0) is 145 Å². The number of rotatable bonds is 19. The number of hydrogen-bond donors (Lipinski definition) is 5. The molecule has 8 aliphatic rings. The summed E-state index contributed by atoms with van der Waals surface area (Å²) < 4.78 is 76.3. The van der Waals surface area contributed by atoms with Crippen molar-refractivity contribution in [3.05, 3.63) is 91.5 Å². The summed E-state index contributed by atoms with van der Waals surface area (Å²) >= 11 is 0. The molecule has 0 aromatic heterocycles. The van der Waals surface area contributed by atoms with Crippen LogP contribution < -0.4 is 63.9 Å². The zero-order valence-corrected chi connectivity index (χ0v) is 62.2. The average molecular weight is 1430 g/mol. The number of alkyl carbamates (subject to hydrolysis) is 2. The third kappa shape index (κ3) is 13.9. The van der Waals surface area contributed by atoms with E-state index in [1.54, 1.807) is 96.8 Å². The monoisotopic (exact) mass is 1430 g/mol. The summed E-state index contributed by atoms with van der Waals surface area (Å²) in [6.45, 7) is 25.7. The van der Waals surface area contributed by atoms with Crippen LogP contribution in [0.2, 0.25) is 0 Å². The molecular formula is C75H98N10O18. The fourth-order valence-electron chi connectivity index (χ4n) is 16.7. The first-order chi connectivity index (χ1) is 49.0. The van der Waals surface area contributed by atoms with Crippen LogP contribution in [0.3, 0.4) is 0 Å². The second-order valence-corrected chi connectivity index (χ2v) is 29.4. The second-order valence-electron chi connectivity index (χ2n) is 29.4. The van der Waals surface area contributed by atoms with Crippen LogP contribution in [0.25, 0.3) is 0 Å². The van der Waals surface area contributed by atoms with Crippen molar-refractivity contribution < 1.29 is 85.9 Å². The van der Waals surface area contributed by atoms with Crippen molar-refractivity contribution in [2.45, 2.75) is 192 Å². The van der Waals surface area contributed by atoms with Crippen LogP contribution in [0.15, 0.2) is 24.8 Å². The lowest BCUT2D eigenvalue weighted by molar-refractivity contribution is -0.124. The molecule has 28 nitrogen and oxygen atoms in total. The first-order valence-corrected chi connectivity index (χ1v) is 34.8. The molecular weight excluding hydrogens is 1330 g/mol. The number of methoxy groups -OCH3 is 4. The smallest absolute Gasteiger partial charge is 0.408 e. The number of fused-ring (bicyclic) bond motifs is 18.